The molecule has 0 radical (unpaired) electrons. The van der Waals surface area contributed by atoms with Gasteiger partial charge in [-0.2, -0.15) is 0 Å². The summed E-state index contributed by atoms with van der Waals surface area (Å²) in [5.41, 5.74) is 1.22. The number of anilines is 1. The average molecular weight is 247 g/mol. The Morgan fingerprint density at radius 3 is 2.94 bits per heavy atom. The smallest absolute Gasteiger partial charge is 0.121 e. The SMILES string of the molecule is C=CCCCOc1cccc(N2CCOCC2)c1. The first-order chi connectivity index (χ1) is 8.90. The van der Waals surface area contributed by atoms with Gasteiger partial charge in [0.05, 0.1) is 19.8 Å². The highest BCUT2D eigenvalue weighted by Crippen LogP contribution is 2.22. The van der Waals surface area contributed by atoms with Gasteiger partial charge in [-0.1, -0.05) is 12.1 Å². The highest BCUT2D eigenvalue weighted by Gasteiger charge is 2.11. The number of rotatable bonds is 6. The van der Waals surface area contributed by atoms with Crippen molar-refractivity contribution in [1.82, 2.24) is 0 Å². The molecule has 1 fully saturated rings. The van der Waals surface area contributed by atoms with Gasteiger partial charge in [0.1, 0.15) is 5.75 Å². The maximum absolute atomic E-state index is 5.73. The molecular weight excluding hydrogens is 226 g/mol. The van der Waals surface area contributed by atoms with Gasteiger partial charge in [-0.25, -0.2) is 0 Å². The molecule has 1 heterocycles. The first kappa shape index (κ1) is 13.0. The first-order valence-electron chi connectivity index (χ1n) is 6.56. The van der Waals surface area contributed by atoms with Crippen molar-refractivity contribution in [3.63, 3.8) is 0 Å². The normalized spacial score (nSPS) is 15.4. The van der Waals surface area contributed by atoms with Crippen LogP contribution in [0.1, 0.15) is 12.8 Å². The molecule has 0 saturated carbocycles. The monoisotopic (exact) mass is 247 g/mol. The third-order valence-corrected chi connectivity index (χ3v) is 3.02. The third kappa shape index (κ3) is 3.77. The molecule has 3 nitrogen and oxygen atoms in total. The van der Waals surface area contributed by atoms with Crippen LogP contribution in [0.15, 0.2) is 36.9 Å². The maximum Gasteiger partial charge on any atom is 0.121 e. The van der Waals surface area contributed by atoms with Gasteiger partial charge in [0.25, 0.3) is 0 Å². The van der Waals surface area contributed by atoms with E-state index < -0.39 is 0 Å². The molecule has 98 valence electrons. The Morgan fingerprint density at radius 1 is 1.33 bits per heavy atom. The molecule has 0 bridgehead atoms. The summed E-state index contributed by atoms with van der Waals surface area (Å²) in [5.74, 6) is 0.947. The number of ether oxygens (including phenoxy) is 2. The van der Waals surface area contributed by atoms with E-state index in [0.717, 1.165) is 51.5 Å². The van der Waals surface area contributed by atoms with Gasteiger partial charge in [0.2, 0.25) is 0 Å². The first-order valence-corrected chi connectivity index (χ1v) is 6.56. The second kappa shape index (κ2) is 7.07. The van der Waals surface area contributed by atoms with E-state index >= 15 is 0 Å². The Kier molecular flexibility index (Phi) is 5.09. The molecule has 0 amide bonds. The van der Waals surface area contributed by atoms with Gasteiger partial charge in [-0.15, -0.1) is 6.58 Å². The Balaban J connectivity index is 1.89. The maximum atomic E-state index is 5.73. The Bertz CT molecular complexity index is 373. The average Bonchev–Trinajstić information content (AvgIpc) is 2.45. The summed E-state index contributed by atoms with van der Waals surface area (Å²) in [6.45, 7) is 7.99. The van der Waals surface area contributed by atoms with E-state index in [1.165, 1.54) is 5.69 Å². The number of morpholine rings is 1. The van der Waals surface area contributed by atoms with Crippen molar-refractivity contribution < 1.29 is 9.47 Å². The van der Waals surface area contributed by atoms with Gasteiger partial charge < -0.3 is 14.4 Å². The highest BCUT2D eigenvalue weighted by atomic mass is 16.5. The fourth-order valence-corrected chi connectivity index (χ4v) is 2.01. The van der Waals surface area contributed by atoms with Crippen LogP contribution in [0.4, 0.5) is 5.69 Å². The summed E-state index contributed by atoms with van der Waals surface area (Å²) < 4.78 is 11.1. The Hall–Kier alpha value is -1.48. The summed E-state index contributed by atoms with van der Waals surface area (Å²) in [6.07, 6.45) is 3.95. The number of hydrogen-bond acceptors (Lipinski definition) is 3. The van der Waals surface area contributed by atoms with E-state index in [-0.39, 0.29) is 0 Å². The molecule has 1 aliphatic rings. The van der Waals surface area contributed by atoms with E-state index in [2.05, 4.69) is 23.6 Å². The standard InChI is InChI=1S/C15H21NO2/c1-2-3-4-10-18-15-7-5-6-14(13-15)16-8-11-17-12-9-16/h2,5-7,13H,1,3-4,8-12H2. The fourth-order valence-electron chi connectivity index (χ4n) is 2.01. The van der Waals surface area contributed by atoms with Crippen molar-refractivity contribution >= 4 is 5.69 Å². The van der Waals surface area contributed by atoms with Crippen LogP contribution in [0.25, 0.3) is 0 Å². The molecule has 1 saturated heterocycles. The largest absolute Gasteiger partial charge is 0.494 e. The van der Waals surface area contributed by atoms with Crippen LogP contribution in [-0.4, -0.2) is 32.9 Å². The second-order valence-corrected chi connectivity index (χ2v) is 4.38. The summed E-state index contributed by atoms with van der Waals surface area (Å²) in [7, 11) is 0. The Morgan fingerprint density at radius 2 is 2.17 bits per heavy atom. The molecular formula is C15H21NO2. The molecule has 18 heavy (non-hydrogen) atoms. The molecule has 0 spiro atoms. The topological polar surface area (TPSA) is 21.7 Å². The molecule has 3 heteroatoms. The molecule has 1 aliphatic heterocycles. The molecule has 0 aromatic heterocycles. The third-order valence-electron chi connectivity index (χ3n) is 3.02. The van der Waals surface area contributed by atoms with Crippen molar-refractivity contribution in [2.24, 2.45) is 0 Å². The predicted octanol–water partition coefficient (Wildman–Crippen LogP) is 2.87. The lowest BCUT2D eigenvalue weighted by atomic mass is 10.2. The van der Waals surface area contributed by atoms with Crippen molar-refractivity contribution in [2.75, 3.05) is 37.8 Å². The van der Waals surface area contributed by atoms with Gasteiger partial charge in [-0.3, -0.25) is 0 Å². The molecule has 1 aromatic rings. The van der Waals surface area contributed by atoms with Crippen molar-refractivity contribution in [3.05, 3.63) is 36.9 Å². The van der Waals surface area contributed by atoms with Crippen LogP contribution in [0, 0.1) is 0 Å². The van der Waals surface area contributed by atoms with Crippen LogP contribution >= 0.6 is 0 Å². The molecule has 2 rings (SSSR count). The lowest BCUT2D eigenvalue weighted by Crippen LogP contribution is -2.36. The highest BCUT2D eigenvalue weighted by molar-refractivity contribution is 5.50. The zero-order valence-corrected chi connectivity index (χ0v) is 10.8. The number of unbranched alkanes of at least 4 members (excludes halogenated alkanes) is 1. The minimum atomic E-state index is 0.749. The van der Waals surface area contributed by atoms with E-state index in [1.807, 2.05) is 18.2 Å². The summed E-state index contributed by atoms with van der Waals surface area (Å²) in [4.78, 5) is 2.33. The summed E-state index contributed by atoms with van der Waals surface area (Å²) in [6, 6.07) is 8.30. The summed E-state index contributed by atoms with van der Waals surface area (Å²) >= 11 is 0. The number of benzene rings is 1. The van der Waals surface area contributed by atoms with Crippen LogP contribution in [-0.2, 0) is 4.74 Å². The van der Waals surface area contributed by atoms with Gasteiger partial charge in [0, 0.05) is 24.8 Å². The lowest BCUT2D eigenvalue weighted by Gasteiger charge is -2.29. The van der Waals surface area contributed by atoms with Crippen LogP contribution in [0.3, 0.4) is 0 Å². The van der Waals surface area contributed by atoms with Crippen LogP contribution in [0.2, 0.25) is 0 Å². The number of nitrogens with zero attached hydrogens (tertiary/aromatic N) is 1. The quantitative estimate of drug-likeness (QED) is 0.570. The summed E-state index contributed by atoms with van der Waals surface area (Å²) in [5, 5.41) is 0. The van der Waals surface area contributed by atoms with Gasteiger partial charge in [-0.05, 0) is 25.0 Å². The Labute approximate surface area is 109 Å². The predicted molar refractivity (Wildman–Crippen MR) is 74.4 cm³/mol. The van der Waals surface area contributed by atoms with Gasteiger partial charge in [0.15, 0.2) is 0 Å². The molecule has 0 aliphatic carbocycles. The molecule has 1 aromatic carbocycles. The minimum Gasteiger partial charge on any atom is -0.494 e. The second-order valence-electron chi connectivity index (χ2n) is 4.38. The zero-order chi connectivity index (χ0) is 12.6. The molecule has 0 atom stereocenters. The number of hydrogen-bond donors (Lipinski definition) is 0. The van der Waals surface area contributed by atoms with E-state index in [4.69, 9.17) is 9.47 Å². The van der Waals surface area contributed by atoms with E-state index in [1.54, 1.807) is 0 Å². The van der Waals surface area contributed by atoms with Gasteiger partial charge >= 0.3 is 0 Å². The zero-order valence-electron chi connectivity index (χ0n) is 10.8. The minimum absolute atomic E-state index is 0.749. The number of allylic oxidation sites excluding steroid dienone is 1. The molecule has 0 N–H and O–H groups in total. The van der Waals surface area contributed by atoms with E-state index in [0.29, 0.717) is 0 Å². The van der Waals surface area contributed by atoms with Crippen molar-refractivity contribution in [2.45, 2.75) is 12.8 Å². The van der Waals surface area contributed by atoms with E-state index in [9.17, 15) is 0 Å². The molecule has 0 unspecified atom stereocenters. The van der Waals surface area contributed by atoms with Crippen molar-refractivity contribution in [3.8, 4) is 5.75 Å². The van der Waals surface area contributed by atoms with Crippen LogP contribution < -0.4 is 9.64 Å². The fraction of sp³-hybridized carbons (Fsp3) is 0.467. The van der Waals surface area contributed by atoms with Crippen LogP contribution in [0.5, 0.6) is 5.75 Å². The van der Waals surface area contributed by atoms with Crippen molar-refractivity contribution in [1.29, 1.82) is 0 Å². The lowest BCUT2D eigenvalue weighted by molar-refractivity contribution is 0.122.